The number of carbonyl (C=O) groups is 1. The molecule has 8 nitrogen and oxygen atoms in total. The van der Waals surface area contributed by atoms with Crippen molar-refractivity contribution < 1.29 is 9.32 Å². The molecular formula is C15H20N6O2. The summed E-state index contributed by atoms with van der Waals surface area (Å²) in [6.45, 7) is 6.86. The van der Waals surface area contributed by atoms with Crippen LogP contribution in [0.1, 0.15) is 12.6 Å². The Morgan fingerprint density at radius 2 is 1.96 bits per heavy atom. The monoisotopic (exact) mass is 316 g/mol. The Kier molecular flexibility index (Phi) is 4.52. The van der Waals surface area contributed by atoms with Gasteiger partial charge in [0.05, 0.1) is 11.7 Å². The molecule has 2 aromatic rings. The standard InChI is InChI=1S/C15H20N6O2/c1-11-10-13(23-19-11)18-14(22)12(2)20-6-8-21(9-7-20)15-16-4-3-5-17-15/h3-5,10,12H,6-9H2,1-2H3,(H,18,22). The van der Waals surface area contributed by atoms with Crippen LogP contribution in [-0.2, 0) is 4.79 Å². The Bertz CT molecular complexity index is 651. The number of aromatic nitrogens is 3. The van der Waals surface area contributed by atoms with Gasteiger partial charge in [-0.25, -0.2) is 9.97 Å². The average Bonchev–Trinajstić information content (AvgIpc) is 3.00. The minimum Gasteiger partial charge on any atom is -0.338 e. The third-order valence-corrected chi connectivity index (χ3v) is 3.95. The van der Waals surface area contributed by atoms with Crippen molar-refractivity contribution in [1.29, 1.82) is 0 Å². The van der Waals surface area contributed by atoms with Crippen LogP contribution in [0.15, 0.2) is 29.0 Å². The van der Waals surface area contributed by atoms with Crippen molar-refractivity contribution in [3.05, 3.63) is 30.2 Å². The summed E-state index contributed by atoms with van der Waals surface area (Å²) in [5.74, 6) is 1.03. The third kappa shape index (κ3) is 3.65. The molecule has 8 heteroatoms. The van der Waals surface area contributed by atoms with Gasteiger partial charge in [-0.15, -0.1) is 0 Å². The van der Waals surface area contributed by atoms with Gasteiger partial charge in [0.15, 0.2) is 0 Å². The van der Waals surface area contributed by atoms with Crippen LogP contribution in [0.3, 0.4) is 0 Å². The number of rotatable bonds is 4. The molecule has 1 amide bonds. The quantitative estimate of drug-likeness (QED) is 0.897. The van der Waals surface area contributed by atoms with Crippen molar-refractivity contribution in [3.8, 4) is 0 Å². The summed E-state index contributed by atoms with van der Waals surface area (Å²) in [6.07, 6.45) is 3.48. The van der Waals surface area contributed by atoms with Crippen LogP contribution in [0.2, 0.25) is 0 Å². The van der Waals surface area contributed by atoms with Crippen LogP contribution in [0, 0.1) is 6.92 Å². The van der Waals surface area contributed by atoms with E-state index in [0.29, 0.717) is 5.88 Å². The number of amides is 1. The topological polar surface area (TPSA) is 87.4 Å². The molecule has 0 aliphatic carbocycles. The summed E-state index contributed by atoms with van der Waals surface area (Å²) in [5, 5.41) is 6.52. The third-order valence-electron chi connectivity index (χ3n) is 3.95. The van der Waals surface area contributed by atoms with Gasteiger partial charge in [0.2, 0.25) is 17.7 Å². The van der Waals surface area contributed by atoms with Crippen molar-refractivity contribution in [2.45, 2.75) is 19.9 Å². The van der Waals surface area contributed by atoms with Crippen molar-refractivity contribution in [1.82, 2.24) is 20.0 Å². The lowest BCUT2D eigenvalue weighted by atomic mass is 10.2. The van der Waals surface area contributed by atoms with Crippen molar-refractivity contribution in [2.75, 3.05) is 36.4 Å². The summed E-state index contributed by atoms with van der Waals surface area (Å²) < 4.78 is 5.02. The number of hydrogen-bond donors (Lipinski definition) is 1. The van der Waals surface area contributed by atoms with Gasteiger partial charge in [-0.05, 0) is 19.9 Å². The molecule has 1 N–H and O–H groups in total. The SMILES string of the molecule is Cc1cc(NC(=O)C(C)N2CCN(c3ncccn3)CC2)on1. The molecule has 122 valence electrons. The first kappa shape index (κ1) is 15.4. The Morgan fingerprint density at radius 1 is 1.26 bits per heavy atom. The van der Waals surface area contributed by atoms with Crippen LogP contribution in [0.5, 0.6) is 0 Å². The van der Waals surface area contributed by atoms with Crippen molar-refractivity contribution in [3.63, 3.8) is 0 Å². The highest BCUT2D eigenvalue weighted by atomic mass is 16.5. The Labute approximate surface area is 134 Å². The molecule has 1 aliphatic rings. The summed E-state index contributed by atoms with van der Waals surface area (Å²) in [4.78, 5) is 25.1. The maximum atomic E-state index is 12.3. The van der Waals surface area contributed by atoms with Crippen LogP contribution in [0.4, 0.5) is 11.8 Å². The smallest absolute Gasteiger partial charge is 0.243 e. The van der Waals surface area contributed by atoms with Gasteiger partial charge in [0.1, 0.15) is 0 Å². The predicted molar refractivity (Wildman–Crippen MR) is 85.1 cm³/mol. The average molecular weight is 316 g/mol. The molecule has 0 radical (unpaired) electrons. The molecule has 0 spiro atoms. The Morgan fingerprint density at radius 3 is 2.57 bits per heavy atom. The molecule has 3 rings (SSSR count). The molecule has 0 saturated carbocycles. The number of nitrogens with zero attached hydrogens (tertiary/aromatic N) is 5. The molecule has 0 aromatic carbocycles. The molecule has 1 aliphatic heterocycles. The summed E-state index contributed by atoms with van der Waals surface area (Å²) in [7, 11) is 0. The Hall–Kier alpha value is -2.48. The summed E-state index contributed by atoms with van der Waals surface area (Å²) in [5.41, 5.74) is 0.740. The normalized spacial score (nSPS) is 17.0. The van der Waals surface area contributed by atoms with Crippen LogP contribution < -0.4 is 10.2 Å². The molecule has 1 fully saturated rings. The van der Waals surface area contributed by atoms with Gasteiger partial charge in [0.25, 0.3) is 0 Å². The number of hydrogen-bond acceptors (Lipinski definition) is 7. The summed E-state index contributed by atoms with van der Waals surface area (Å²) in [6, 6.07) is 3.27. The highest BCUT2D eigenvalue weighted by Gasteiger charge is 2.26. The fourth-order valence-corrected chi connectivity index (χ4v) is 2.58. The predicted octanol–water partition coefficient (Wildman–Crippen LogP) is 0.922. The highest BCUT2D eigenvalue weighted by molar-refractivity contribution is 5.93. The second-order valence-corrected chi connectivity index (χ2v) is 5.57. The fraction of sp³-hybridized carbons (Fsp3) is 0.467. The van der Waals surface area contributed by atoms with Gasteiger partial charge in [0, 0.05) is 44.6 Å². The van der Waals surface area contributed by atoms with Gasteiger partial charge < -0.3 is 9.42 Å². The van der Waals surface area contributed by atoms with Crippen molar-refractivity contribution in [2.24, 2.45) is 0 Å². The number of aryl methyl sites for hydroxylation is 1. The van der Waals surface area contributed by atoms with Crippen LogP contribution in [-0.4, -0.2) is 58.2 Å². The first-order chi connectivity index (χ1) is 11.1. The molecule has 2 aromatic heterocycles. The number of piperazine rings is 1. The van der Waals surface area contributed by atoms with Gasteiger partial charge in [-0.1, -0.05) is 5.16 Å². The molecule has 0 bridgehead atoms. The zero-order valence-electron chi connectivity index (χ0n) is 13.3. The van der Waals surface area contributed by atoms with E-state index >= 15 is 0 Å². The number of anilines is 2. The van der Waals surface area contributed by atoms with E-state index in [2.05, 4.69) is 30.2 Å². The molecule has 1 saturated heterocycles. The molecule has 1 unspecified atom stereocenters. The summed E-state index contributed by atoms with van der Waals surface area (Å²) >= 11 is 0. The number of carbonyl (C=O) groups excluding carboxylic acids is 1. The van der Waals surface area contributed by atoms with E-state index in [1.54, 1.807) is 24.5 Å². The van der Waals surface area contributed by atoms with Gasteiger partial charge >= 0.3 is 0 Å². The lowest BCUT2D eigenvalue weighted by molar-refractivity contribution is -0.121. The lowest BCUT2D eigenvalue weighted by Crippen LogP contribution is -2.53. The zero-order chi connectivity index (χ0) is 16.2. The lowest BCUT2D eigenvalue weighted by Gasteiger charge is -2.37. The van der Waals surface area contributed by atoms with E-state index in [4.69, 9.17) is 4.52 Å². The first-order valence-electron chi connectivity index (χ1n) is 7.63. The van der Waals surface area contributed by atoms with E-state index in [9.17, 15) is 4.79 Å². The fourth-order valence-electron chi connectivity index (χ4n) is 2.58. The second kappa shape index (κ2) is 6.74. The van der Waals surface area contributed by atoms with E-state index in [1.807, 2.05) is 13.8 Å². The van der Waals surface area contributed by atoms with E-state index in [1.165, 1.54) is 0 Å². The minimum absolute atomic E-state index is 0.0921. The Balaban J connectivity index is 1.53. The van der Waals surface area contributed by atoms with Gasteiger partial charge in [-0.3, -0.25) is 15.0 Å². The number of nitrogens with one attached hydrogen (secondary N) is 1. The van der Waals surface area contributed by atoms with Gasteiger partial charge in [-0.2, -0.15) is 0 Å². The van der Waals surface area contributed by atoms with E-state index in [-0.39, 0.29) is 11.9 Å². The van der Waals surface area contributed by atoms with Crippen LogP contribution >= 0.6 is 0 Å². The molecule has 3 heterocycles. The second-order valence-electron chi connectivity index (χ2n) is 5.57. The molecule has 1 atom stereocenters. The molecular weight excluding hydrogens is 296 g/mol. The van der Waals surface area contributed by atoms with Crippen LogP contribution in [0.25, 0.3) is 0 Å². The maximum Gasteiger partial charge on any atom is 0.243 e. The zero-order valence-corrected chi connectivity index (χ0v) is 13.3. The maximum absolute atomic E-state index is 12.3. The van der Waals surface area contributed by atoms with Crippen molar-refractivity contribution >= 4 is 17.7 Å². The first-order valence-corrected chi connectivity index (χ1v) is 7.63. The van der Waals surface area contributed by atoms with E-state index < -0.39 is 0 Å². The molecule has 23 heavy (non-hydrogen) atoms. The largest absolute Gasteiger partial charge is 0.338 e. The van der Waals surface area contributed by atoms with E-state index in [0.717, 1.165) is 37.8 Å². The minimum atomic E-state index is -0.237. The highest BCUT2D eigenvalue weighted by Crippen LogP contribution is 2.14.